The molecule has 0 amide bonds. The lowest BCUT2D eigenvalue weighted by Crippen LogP contribution is -2.29. The van der Waals surface area contributed by atoms with E-state index < -0.39 is 0 Å². The van der Waals surface area contributed by atoms with Crippen LogP contribution in [0.25, 0.3) is 0 Å². The van der Waals surface area contributed by atoms with Crippen LogP contribution in [0.1, 0.15) is 33.6 Å². The Bertz CT molecular complexity index is 127. The molecule has 2 unspecified atom stereocenters. The van der Waals surface area contributed by atoms with Gasteiger partial charge >= 0.3 is 0 Å². The van der Waals surface area contributed by atoms with Crippen LogP contribution in [0, 0.1) is 0 Å². The highest BCUT2D eigenvalue weighted by molar-refractivity contribution is 4.88. The topological polar surface area (TPSA) is 12.5 Å². The molecule has 0 aliphatic carbocycles. The molecule has 2 saturated heterocycles. The molecule has 2 aliphatic rings. The quantitative estimate of drug-likeness (QED) is 0.597. The first-order chi connectivity index (χ1) is 5.90. The minimum absolute atomic E-state index is 0.568. The highest BCUT2D eigenvalue weighted by Gasteiger charge is 2.34. The van der Waals surface area contributed by atoms with Crippen molar-refractivity contribution < 1.29 is 4.74 Å². The third-order valence-electron chi connectivity index (χ3n) is 2.70. The Hall–Kier alpha value is -0.0800. The van der Waals surface area contributed by atoms with E-state index in [1.54, 1.807) is 0 Å². The summed E-state index contributed by atoms with van der Waals surface area (Å²) in [6.07, 6.45) is 3.11. The van der Waals surface area contributed by atoms with E-state index in [0.29, 0.717) is 6.10 Å². The minimum Gasteiger partial charge on any atom is -0.377 e. The highest BCUT2D eigenvalue weighted by Crippen LogP contribution is 2.26. The van der Waals surface area contributed by atoms with Gasteiger partial charge in [0, 0.05) is 19.2 Å². The van der Waals surface area contributed by atoms with E-state index in [1.165, 1.54) is 25.9 Å². The number of ether oxygens (including phenoxy) is 1. The molecule has 2 atom stereocenters. The molecule has 0 aromatic rings. The van der Waals surface area contributed by atoms with Crippen LogP contribution in [-0.2, 0) is 4.74 Å². The minimum atomic E-state index is 0.568. The van der Waals surface area contributed by atoms with E-state index >= 15 is 0 Å². The smallest absolute Gasteiger partial charge is 0.0717 e. The van der Waals surface area contributed by atoms with Crippen LogP contribution < -0.4 is 0 Å². The SMILES string of the molecule is CC.CCN1CC2CC1CCO2. The molecule has 0 aromatic carbocycles. The molecule has 0 saturated carbocycles. The first kappa shape index (κ1) is 10.0. The summed E-state index contributed by atoms with van der Waals surface area (Å²) in [6, 6.07) is 0.851. The lowest BCUT2D eigenvalue weighted by molar-refractivity contribution is 0.0419. The van der Waals surface area contributed by atoms with Gasteiger partial charge in [0.2, 0.25) is 0 Å². The number of nitrogens with zero attached hydrogens (tertiary/aromatic N) is 1. The lowest BCUT2D eigenvalue weighted by atomic mass is 10.1. The van der Waals surface area contributed by atoms with Gasteiger partial charge in [-0.3, -0.25) is 4.90 Å². The molecule has 0 radical (unpaired) electrons. The largest absolute Gasteiger partial charge is 0.377 e. The maximum atomic E-state index is 5.56. The first-order valence-corrected chi connectivity index (χ1v) is 5.26. The van der Waals surface area contributed by atoms with Crippen molar-refractivity contribution in [2.75, 3.05) is 19.7 Å². The summed E-state index contributed by atoms with van der Waals surface area (Å²) in [5.41, 5.74) is 0. The monoisotopic (exact) mass is 171 g/mol. The molecule has 12 heavy (non-hydrogen) atoms. The van der Waals surface area contributed by atoms with Crippen LogP contribution in [0.3, 0.4) is 0 Å². The Kier molecular flexibility index (Phi) is 4.02. The van der Waals surface area contributed by atoms with Crippen LogP contribution in [0.15, 0.2) is 0 Å². The number of likely N-dealkylation sites (tertiary alicyclic amines) is 1. The predicted molar refractivity (Wildman–Crippen MR) is 51.4 cm³/mol. The van der Waals surface area contributed by atoms with Crippen LogP contribution in [-0.4, -0.2) is 36.7 Å². The van der Waals surface area contributed by atoms with Crippen LogP contribution >= 0.6 is 0 Å². The van der Waals surface area contributed by atoms with E-state index in [-0.39, 0.29) is 0 Å². The van der Waals surface area contributed by atoms with Crippen molar-refractivity contribution in [2.45, 2.75) is 45.8 Å². The standard InChI is InChI=1S/C8H15NO.C2H6/c1-2-9-6-8-5-7(9)3-4-10-8;1-2/h7-8H,2-6H2,1H3;1-2H3. The Balaban J connectivity index is 0.000000336. The first-order valence-electron chi connectivity index (χ1n) is 5.26. The fraction of sp³-hybridized carbons (Fsp3) is 1.00. The number of fused-ring (bicyclic) bond motifs is 2. The zero-order valence-electron chi connectivity index (χ0n) is 8.55. The Labute approximate surface area is 75.9 Å². The van der Waals surface area contributed by atoms with Crippen LogP contribution in [0.4, 0.5) is 0 Å². The van der Waals surface area contributed by atoms with Gasteiger partial charge in [-0.1, -0.05) is 20.8 Å². The maximum absolute atomic E-state index is 5.56. The Morgan fingerprint density at radius 2 is 2.17 bits per heavy atom. The molecule has 2 aliphatic heterocycles. The summed E-state index contributed by atoms with van der Waals surface area (Å²) in [4.78, 5) is 2.54. The molecule has 0 N–H and O–H groups in total. The third-order valence-corrected chi connectivity index (χ3v) is 2.70. The van der Waals surface area contributed by atoms with Gasteiger partial charge in [-0.05, 0) is 19.4 Å². The van der Waals surface area contributed by atoms with E-state index in [1.807, 2.05) is 13.8 Å². The summed E-state index contributed by atoms with van der Waals surface area (Å²) >= 11 is 0. The lowest BCUT2D eigenvalue weighted by Gasteiger charge is -2.22. The molecular weight excluding hydrogens is 150 g/mol. The number of hydrogen-bond acceptors (Lipinski definition) is 2. The average Bonchev–Trinajstić information content (AvgIpc) is 2.44. The Morgan fingerprint density at radius 1 is 1.42 bits per heavy atom. The van der Waals surface area contributed by atoms with Crippen molar-refractivity contribution in [3.8, 4) is 0 Å². The van der Waals surface area contributed by atoms with Gasteiger partial charge in [0.1, 0.15) is 0 Å². The van der Waals surface area contributed by atoms with Crippen molar-refractivity contribution in [3.05, 3.63) is 0 Å². The van der Waals surface area contributed by atoms with Gasteiger partial charge in [0.15, 0.2) is 0 Å². The van der Waals surface area contributed by atoms with E-state index in [4.69, 9.17) is 4.74 Å². The average molecular weight is 171 g/mol. The van der Waals surface area contributed by atoms with Crippen molar-refractivity contribution in [1.29, 1.82) is 0 Å². The van der Waals surface area contributed by atoms with Gasteiger partial charge in [0.05, 0.1) is 6.10 Å². The molecular formula is C10H21NO. The van der Waals surface area contributed by atoms with Gasteiger partial charge in [0.25, 0.3) is 0 Å². The summed E-state index contributed by atoms with van der Waals surface area (Å²) in [6.45, 7) is 9.61. The highest BCUT2D eigenvalue weighted by atomic mass is 16.5. The van der Waals surface area contributed by atoms with Gasteiger partial charge in [-0.25, -0.2) is 0 Å². The molecule has 2 heterocycles. The van der Waals surface area contributed by atoms with Crippen LogP contribution in [0.2, 0.25) is 0 Å². The second-order valence-corrected chi connectivity index (χ2v) is 3.26. The fourth-order valence-electron chi connectivity index (χ4n) is 2.12. The van der Waals surface area contributed by atoms with Gasteiger partial charge in [-0.15, -0.1) is 0 Å². The van der Waals surface area contributed by atoms with Gasteiger partial charge < -0.3 is 4.74 Å². The second-order valence-electron chi connectivity index (χ2n) is 3.26. The molecule has 2 fully saturated rings. The zero-order chi connectivity index (χ0) is 8.97. The number of hydrogen-bond donors (Lipinski definition) is 0. The van der Waals surface area contributed by atoms with Crippen molar-refractivity contribution in [2.24, 2.45) is 0 Å². The predicted octanol–water partition coefficient (Wildman–Crippen LogP) is 1.90. The van der Waals surface area contributed by atoms with E-state index in [9.17, 15) is 0 Å². The summed E-state index contributed by atoms with van der Waals surface area (Å²) in [5, 5.41) is 0. The summed E-state index contributed by atoms with van der Waals surface area (Å²) in [7, 11) is 0. The van der Waals surface area contributed by atoms with E-state index in [0.717, 1.165) is 12.6 Å². The maximum Gasteiger partial charge on any atom is 0.0717 e. The molecule has 0 spiro atoms. The molecule has 2 heteroatoms. The second kappa shape index (κ2) is 4.83. The molecule has 2 rings (SSSR count). The molecule has 72 valence electrons. The summed E-state index contributed by atoms with van der Waals surface area (Å²) < 4.78 is 5.56. The van der Waals surface area contributed by atoms with Crippen LogP contribution in [0.5, 0.6) is 0 Å². The van der Waals surface area contributed by atoms with E-state index in [2.05, 4.69) is 11.8 Å². The Morgan fingerprint density at radius 3 is 2.75 bits per heavy atom. The number of rotatable bonds is 1. The van der Waals surface area contributed by atoms with Crippen molar-refractivity contribution >= 4 is 0 Å². The number of likely N-dealkylation sites (N-methyl/N-ethyl adjacent to an activating group) is 1. The van der Waals surface area contributed by atoms with Gasteiger partial charge in [-0.2, -0.15) is 0 Å². The van der Waals surface area contributed by atoms with Crippen molar-refractivity contribution in [3.63, 3.8) is 0 Å². The fourth-order valence-corrected chi connectivity index (χ4v) is 2.12. The molecule has 2 nitrogen and oxygen atoms in total. The molecule has 2 bridgehead atoms. The third kappa shape index (κ3) is 1.99. The summed E-state index contributed by atoms with van der Waals surface area (Å²) in [5.74, 6) is 0. The zero-order valence-corrected chi connectivity index (χ0v) is 8.55. The molecule has 0 aromatic heterocycles. The normalized spacial score (nSPS) is 34.2. The van der Waals surface area contributed by atoms with Crippen molar-refractivity contribution in [1.82, 2.24) is 4.90 Å².